The summed E-state index contributed by atoms with van der Waals surface area (Å²) in [6, 6.07) is 14.0. The van der Waals surface area contributed by atoms with Gasteiger partial charge in [0.1, 0.15) is 5.75 Å². The molecule has 0 fully saturated rings. The number of hydrogen-bond acceptors (Lipinski definition) is 2. The van der Waals surface area contributed by atoms with E-state index in [4.69, 9.17) is 4.74 Å². The molecular formula is C17H17NO2. The van der Waals surface area contributed by atoms with E-state index < -0.39 is 0 Å². The van der Waals surface area contributed by atoms with Crippen LogP contribution in [0.25, 0.3) is 0 Å². The summed E-state index contributed by atoms with van der Waals surface area (Å²) < 4.78 is 5.27. The first kappa shape index (κ1) is 12.7. The van der Waals surface area contributed by atoms with Crippen molar-refractivity contribution in [2.75, 3.05) is 12.0 Å². The maximum absolute atomic E-state index is 12.1. The second kappa shape index (κ2) is 5.00. The van der Waals surface area contributed by atoms with Crippen molar-refractivity contribution in [1.82, 2.24) is 0 Å². The zero-order chi connectivity index (χ0) is 14.1. The molecule has 1 amide bonds. The van der Waals surface area contributed by atoms with E-state index in [1.807, 2.05) is 48.2 Å². The van der Waals surface area contributed by atoms with Gasteiger partial charge in [0.15, 0.2) is 0 Å². The molecule has 0 radical (unpaired) electrons. The van der Waals surface area contributed by atoms with Crippen LogP contribution in [0, 0.1) is 6.92 Å². The van der Waals surface area contributed by atoms with Crippen LogP contribution < -0.4 is 9.64 Å². The number of ether oxygens (including phenoxy) is 1. The first-order valence-corrected chi connectivity index (χ1v) is 6.71. The summed E-state index contributed by atoms with van der Waals surface area (Å²) in [4.78, 5) is 14.0. The maximum Gasteiger partial charge on any atom is 0.231 e. The first-order chi connectivity index (χ1) is 9.69. The summed E-state index contributed by atoms with van der Waals surface area (Å²) in [5, 5.41) is 0. The minimum atomic E-state index is 0.166. The number of carbonyl (C=O) groups is 1. The summed E-state index contributed by atoms with van der Waals surface area (Å²) in [6.45, 7) is 2.63. The van der Waals surface area contributed by atoms with Gasteiger partial charge in [-0.05, 0) is 35.7 Å². The van der Waals surface area contributed by atoms with E-state index in [1.165, 1.54) is 0 Å². The number of methoxy groups -OCH3 is 1. The van der Waals surface area contributed by atoms with Crippen molar-refractivity contribution < 1.29 is 9.53 Å². The molecule has 2 aromatic rings. The average Bonchev–Trinajstić information content (AvgIpc) is 2.76. The predicted octanol–water partition coefficient (Wildman–Crippen LogP) is 3.09. The van der Waals surface area contributed by atoms with Crippen molar-refractivity contribution in [3.63, 3.8) is 0 Å². The van der Waals surface area contributed by atoms with Crippen LogP contribution >= 0.6 is 0 Å². The van der Waals surface area contributed by atoms with E-state index in [-0.39, 0.29) is 5.91 Å². The Morgan fingerprint density at radius 2 is 2.00 bits per heavy atom. The standard InChI is InChI=1S/C17H17NO2/c1-12-9-13(7-8-16(12)20-2)11-18-15-6-4-3-5-14(15)10-17(18)19/h3-9H,10-11H2,1-2H3. The van der Waals surface area contributed by atoms with E-state index >= 15 is 0 Å². The van der Waals surface area contributed by atoms with Crippen LogP contribution in [-0.2, 0) is 17.8 Å². The lowest BCUT2D eigenvalue weighted by atomic mass is 10.1. The molecule has 0 aromatic heterocycles. The van der Waals surface area contributed by atoms with Gasteiger partial charge in [-0.25, -0.2) is 0 Å². The average molecular weight is 267 g/mol. The lowest BCUT2D eigenvalue weighted by Gasteiger charge is -2.18. The van der Waals surface area contributed by atoms with Gasteiger partial charge in [0.25, 0.3) is 0 Å². The normalized spacial score (nSPS) is 13.5. The summed E-state index contributed by atoms with van der Waals surface area (Å²) >= 11 is 0. The predicted molar refractivity (Wildman–Crippen MR) is 79.1 cm³/mol. The minimum absolute atomic E-state index is 0.166. The fourth-order valence-corrected chi connectivity index (χ4v) is 2.71. The quantitative estimate of drug-likeness (QED) is 0.855. The molecule has 0 atom stereocenters. The van der Waals surface area contributed by atoms with E-state index in [0.29, 0.717) is 13.0 Å². The third kappa shape index (κ3) is 2.16. The molecule has 0 spiro atoms. The van der Waals surface area contributed by atoms with E-state index in [0.717, 1.165) is 28.1 Å². The summed E-state index contributed by atoms with van der Waals surface area (Å²) in [7, 11) is 1.67. The van der Waals surface area contributed by atoms with E-state index in [2.05, 4.69) is 6.07 Å². The van der Waals surface area contributed by atoms with E-state index in [9.17, 15) is 4.79 Å². The zero-order valence-corrected chi connectivity index (χ0v) is 11.7. The van der Waals surface area contributed by atoms with Crippen LogP contribution in [-0.4, -0.2) is 13.0 Å². The monoisotopic (exact) mass is 267 g/mol. The lowest BCUT2D eigenvalue weighted by molar-refractivity contribution is -0.117. The van der Waals surface area contributed by atoms with Crippen LogP contribution in [0.4, 0.5) is 5.69 Å². The number of aryl methyl sites for hydroxylation is 1. The Labute approximate surface area is 118 Å². The fraction of sp³-hybridized carbons (Fsp3) is 0.235. The van der Waals surface area contributed by atoms with Gasteiger partial charge in [-0.2, -0.15) is 0 Å². The molecule has 3 nitrogen and oxygen atoms in total. The number of hydrogen-bond donors (Lipinski definition) is 0. The fourth-order valence-electron chi connectivity index (χ4n) is 2.71. The van der Waals surface area contributed by atoms with E-state index in [1.54, 1.807) is 7.11 Å². The number of benzene rings is 2. The number of amides is 1. The Kier molecular flexibility index (Phi) is 3.18. The Morgan fingerprint density at radius 3 is 2.75 bits per heavy atom. The van der Waals surface area contributed by atoms with Crippen molar-refractivity contribution in [2.24, 2.45) is 0 Å². The highest BCUT2D eigenvalue weighted by Crippen LogP contribution is 2.30. The smallest absolute Gasteiger partial charge is 0.231 e. The van der Waals surface area contributed by atoms with Gasteiger partial charge in [-0.15, -0.1) is 0 Å². The van der Waals surface area contributed by atoms with Crippen molar-refractivity contribution in [1.29, 1.82) is 0 Å². The molecule has 1 aliphatic heterocycles. The Balaban J connectivity index is 1.88. The number of nitrogens with zero attached hydrogens (tertiary/aromatic N) is 1. The molecule has 2 aromatic carbocycles. The molecule has 0 unspecified atom stereocenters. The molecule has 0 N–H and O–H groups in total. The van der Waals surface area contributed by atoms with Gasteiger partial charge in [0.2, 0.25) is 5.91 Å². The second-order valence-electron chi connectivity index (χ2n) is 5.09. The van der Waals surface area contributed by atoms with Crippen molar-refractivity contribution in [3.8, 4) is 5.75 Å². The van der Waals surface area contributed by atoms with Crippen LogP contribution in [0.1, 0.15) is 16.7 Å². The van der Waals surface area contributed by atoms with Crippen molar-refractivity contribution >= 4 is 11.6 Å². The number of fused-ring (bicyclic) bond motifs is 1. The molecule has 0 saturated carbocycles. The molecule has 3 heteroatoms. The van der Waals surface area contributed by atoms with Crippen molar-refractivity contribution in [3.05, 3.63) is 59.2 Å². The molecule has 3 rings (SSSR count). The highest BCUT2D eigenvalue weighted by Gasteiger charge is 2.26. The van der Waals surface area contributed by atoms with Crippen LogP contribution in [0.5, 0.6) is 5.75 Å². The van der Waals surface area contributed by atoms with Crippen LogP contribution in [0.3, 0.4) is 0 Å². The molecule has 0 saturated heterocycles. The minimum Gasteiger partial charge on any atom is -0.496 e. The topological polar surface area (TPSA) is 29.5 Å². The number of anilines is 1. The summed E-state index contributed by atoms with van der Waals surface area (Å²) in [6.07, 6.45) is 0.505. The highest BCUT2D eigenvalue weighted by atomic mass is 16.5. The van der Waals surface area contributed by atoms with Gasteiger partial charge < -0.3 is 9.64 Å². The molecule has 1 heterocycles. The molecule has 20 heavy (non-hydrogen) atoms. The van der Waals surface area contributed by atoms with Gasteiger partial charge >= 0.3 is 0 Å². The van der Waals surface area contributed by atoms with Crippen molar-refractivity contribution in [2.45, 2.75) is 19.9 Å². The van der Waals surface area contributed by atoms with Gasteiger partial charge in [-0.1, -0.05) is 30.3 Å². The van der Waals surface area contributed by atoms with Gasteiger partial charge in [-0.3, -0.25) is 4.79 Å². The first-order valence-electron chi connectivity index (χ1n) is 6.71. The molecule has 1 aliphatic rings. The highest BCUT2D eigenvalue weighted by molar-refractivity contribution is 6.01. The molecular weight excluding hydrogens is 250 g/mol. The Bertz CT molecular complexity index is 664. The third-order valence-corrected chi connectivity index (χ3v) is 3.73. The third-order valence-electron chi connectivity index (χ3n) is 3.73. The van der Waals surface area contributed by atoms with Gasteiger partial charge in [0, 0.05) is 5.69 Å². The molecule has 0 bridgehead atoms. The van der Waals surface area contributed by atoms with Gasteiger partial charge in [0.05, 0.1) is 20.1 Å². The maximum atomic E-state index is 12.1. The molecule has 0 aliphatic carbocycles. The number of carbonyl (C=O) groups excluding carboxylic acids is 1. The van der Waals surface area contributed by atoms with Crippen LogP contribution in [0.15, 0.2) is 42.5 Å². The Hall–Kier alpha value is -2.29. The SMILES string of the molecule is COc1ccc(CN2C(=O)Cc3ccccc32)cc1C. The number of rotatable bonds is 3. The zero-order valence-electron chi connectivity index (χ0n) is 11.7. The van der Waals surface area contributed by atoms with Crippen LogP contribution in [0.2, 0.25) is 0 Å². The summed E-state index contributed by atoms with van der Waals surface area (Å²) in [5.74, 6) is 1.04. The Morgan fingerprint density at radius 1 is 1.20 bits per heavy atom. The lowest BCUT2D eigenvalue weighted by Crippen LogP contribution is -2.26. The largest absolute Gasteiger partial charge is 0.496 e. The number of para-hydroxylation sites is 1. The summed E-state index contributed by atoms with van der Waals surface area (Å²) in [5.41, 5.74) is 4.35. The second-order valence-corrected chi connectivity index (χ2v) is 5.09. The molecule has 102 valence electrons.